The van der Waals surface area contributed by atoms with E-state index in [-0.39, 0.29) is 0 Å². The number of likely N-dealkylation sites (tertiary alicyclic amines) is 1. The number of nitrogens with zero attached hydrogens (tertiary/aromatic N) is 3. The fraction of sp³-hybridized carbons (Fsp3) is 0.333. The van der Waals surface area contributed by atoms with Gasteiger partial charge in [-0.15, -0.1) is 11.3 Å². The van der Waals surface area contributed by atoms with Crippen molar-refractivity contribution >= 4 is 22.7 Å². The fourth-order valence-corrected chi connectivity index (χ4v) is 4.29. The van der Waals surface area contributed by atoms with Crippen LogP contribution in [0.3, 0.4) is 0 Å². The van der Waals surface area contributed by atoms with Crippen molar-refractivity contribution in [2.75, 3.05) is 13.1 Å². The molecule has 0 saturated carbocycles. The van der Waals surface area contributed by atoms with E-state index in [2.05, 4.69) is 39.5 Å². The second-order valence-electron chi connectivity index (χ2n) is 5.90. The highest BCUT2D eigenvalue weighted by molar-refractivity contribution is 7.13. The summed E-state index contributed by atoms with van der Waals surface area (Å²) in [5.41, 5.74) is 2.36. The third-order valence-electron chi connectivity index (χ3n) is 4.17. The summed E-state index contributed by atoms with van der Waals surface area (Å²) in [6.07, 6.45) is 4.19. The molecule has 3 heterocycles. The Bertz CT molecular complexity index is 750. The van der Waals surface area contributed by atoms with Gasteiger partial charge in [0.25, 0.3) is 5.19 Å². The number of hydrogen-bond acceptors (Lipinski definition) is 6. The molecule has 2 aromatic heterocycles. The molecule has 1 fully saturated rings. The molecular weight excluding hydrogens is 338 g/mol. The predicted octanol–water partition coefficient (Wildman–Crippen LogP) is 4.31. The lowest BCUT2D eigenvalue weighted by Crippen LogP contribution is -2.37. The summed E-state index contributed by atoms with van der Waals surface area (Å²) >= 11 is 3.29. The number of benzene rings is 1. The van der Waals surface area contributed by atoms with Gasteiger partial charge in [-0.1, -0.05) is 41.7 Å². The van der Waals surface area contributed by atoms with Crippen molar-refractivity contribution < 1.29 is 4.74 Å². The average molecular weight is 358 g/mol. The van der Waals surface area contributed by atoms with Crippen LogP contribution in [0.15, 0.2) is 47.3 Å². The van der Waals surface area contributed by atoms with Crippen molar-refractivity contribution in [3.8, 4) is 15.8 Å². The first-order valence-electron chi connectivity index (χ1n) is 8.15. The lowest BCUT2D eigenvalue weighted by Gasteiger charge is -2.30. The van der Waals surface area contributed by atoms with Crippen molar-refractivity contribution in [2.24, 2.45) is 0 Å². The van der Waals surface area contributed by atoms with Crippen LogP contribution in [-0.4, -0.2) is 34.1 Å². The van der Waals surface area contributed by atoms with Gasteiger partial charge in [0.1, 0.15) is 11.1 Å². The topological polar surface area (TPSA) is 38.2 Å². The number of rotatable bonds is 5. The molecule has 1 aliphatic rings. The Morgan fingerprint density at radius 1 is 1.12 bits per heavy atom. The molecule has 0 aliphatic carbocycles. The van der Waals surface area contributed by atoms with Crippen molar-refractivity contribution in [2.45, 2.75) is 25.5 Å². The summed E-state index contributed by atoms with van der Waals surface area (Å²) < 4.78 is 5.92. The number of piperidine rings is 1. The molecule has 124 valence electrons. The van der Waals surface area contributed by atoms with Crippen molar-refractivity contribution in [3.63, 3.8) is 0 Å². The molecule has 1 aliphatic heterocycles. The molecule has 0 bridgehead atoms. The summed E-state index contributed by atoms with van der Waals surface area (Å²) in [6.45, 7) is 3.02. The van der Waals surface area contributed by atoms with E-state index in [1.165, 1.54) is 5.56 Å². The molecule has 6 heteroatoms. The molecule has 1 aromatic carbocycles. The highest BCUT2D eigenvalue weighted by atomic mass is 32.1. The molecule has 0 N–H and O–H groups in total. The van der Waals surface area contributed by atoms with Crippen LogP contribution < -0.4 is 4.74 Å². The summed E-state index contributed by atoms with van der Waals surface area (Å²) in [7, 11) is 0. The summed E-state index contributed by atoms with van der Waals surface area (Å²) in [4.78, 5) is 11.5. The van der Waals surface area contributed by atoms with E-state index in [0.717, 1.165) is 48.4 Å². The average Bonchev–Trinajstić information content (AvgIpc) is 3.29. The predicted molar refractivity (Wildman–Crippen MR) is 98.6 cm³/mol. The highest BCUT2D eigenvalue weighted by Gasteiger charge is 2.21. The Kier molecular flexibility index (Phi) is 4.87. The summed E-state index contributed by atoms with van der Waals surface area (Å²) in [5.74, 6) is 0. The maximum atomic E-state index is 5.92. The summed E-state index contributed by atoms with van der Waals surface area (Å²) in [5, 5.41) is 6.03. The van der Waals surface area contributed by atoms with Gasteiger partial charge >= 0.3 is 0 Å². The summed E-state index contributed by atoms with van der Waals surface area (Å²) in [6, 6.07) is 10.4. The van der Waals surface area contributed by atoms with Crippen LogP contribution >= 0.6 is 22.7 Å². The van der Waals surface area contributed by atoms with Crippen LogP contribution in [0.1, 0.15) is 18.5 Å². The van der Waals surface area contributed by atoms with Crippen LogP contribution in [0.25, 0.3) is 10.6 Å². The molecule has 0 radical (unpaired) electrons. The van der Waals surface area contributed by atoms with Gasteiger partial charge in [0, 0.05) is 42.2 Å². The monoisotopic (exact) mass is 357 g/mol. The lowest BCUT2D eigenvalue weighted by molar-refractivity contribution is 0.0960. The maximum absolute atomic E-state index is 5.92. The van der Waals surface area contributed by atoms with E-state index < -0.39 is 0 Å². The van der Waals surface area contributed by atoms with Gasteiger partial charge in [-0.05, 0) is 12.8 Å². The zero-order valence-electron chi connectivity index (χ0n) is 13.3. The molecule has 24 heavy (non-hydrogen) atoms. The van der Waals surface area contributed by atoms with Crippen LogP contribution in [0.4, 0.5) is 0 Å². The molecule has 4 rings (SSSR count). The molecule has 0 atom stereocenters. The third kappa shape index (κ3) is 3.83. The fourth-order valence-electron chi connectivity index (χ4n) is 2.92. The molecule has 4 nitrogen and oxygen atoms in total. The van der Waals surface area contributed by atoms with Gasteiger partial charge in [-0.2, -0.15) is 0 Å². The zero-order valence-corrected chi connectivity index (χ0v) is 14.9. The molecule has 1 saturated heterocycles. The molecule has 3 aromatic rings. The quantitative estimate of drug-likeness (QED) is 0.682. The number of thiazole rings is 2. The number of ether oxygens (including phenoxy) is 1. The van der Waals surface area contributed by atoms with Crippen LogP contribution in [0, 0.1) is 0 Å². The van der Waals surface area contributed by atoms with E-state index in [4.69, 9.17) is 9.72 Å². The molecule has 0 spiro atoms. The Morgan fingerprint density at radius 3 is 2.71 bits per heavy atom. The van der Waals surface area contributed by atoms with Gasteiger partial charge in [0.05, 0.1) is 5.69 Å². The highest BCUT2D eigenvalue weighted by Crippen LogP contribution is 2.25. The largest absolute Gasteiger partial charge is 0.467 e. The Hall–Kier alpha value is -1.76. The van der Waals surface area contributed by atoms with E-state index in [9.17, 15) is 0 Å². The standard InChI is InChI=1S/C18H19N3OS2/c1-2-4-14(5-3-1)17-20-15(13-24-17)12-21-9-6-16(7-10-21)22-18-19-8-11-23-18/h1-5,8,11,13,16H,6-7,9-10,12H2. The smallest absolute Gasteiger partial charge is 0.273 e. The van der Waals surface area contributed by atoms with Gasteiger partial charge in [-0.3, -0.25) is 4.90 Å². The first kappa shape index (κ1) is 15.7. The first-order chi connectivity index (χ1) is 11.9. The minimum atomic E-state index is 0.294. The van der Waals surface area contributed by atoms with Gasteiger partial charge in [-0.25, -0.2) is 9.97 Å². The van der Waals surface area contributed by atoms with E-state index in [1.807, 2.05) is 11.4 Å². The minimum absolute atomic E-state index is 0.294. The Balaban J connectivity index is 1.30. The lowest BCUT2D eigenvalue weighted by atomic mass is 10.1. The van der Waals surface area contributed by atoms with Crippen molar-refractivity contribution in [3.05, 3.63) is 53.0 Å². The van der Waals surface area contributed by atoms with E-state index >= 15 is 0 Å². The van der Waals surface area contributed by atoms with Crippen LogP contribution in [-0.2, 0) is 6.54 Å². The van der Waals surface area contributed by atoms with Gasteiger partial charge < -0.3 is 4.74 Å². The molecule has 0 unspecified atom stereocenters. The zero-order chi connectivity index (χ0) is 16.2. The number of aromatic nitrogens is 2. The van der Waals surface area contributed by atoms with E-state index in [1.54, 1.807) is 28.9 Å². The molecule has 0 amide bonds. The second kappa shape index (κ2) is 7.42. The Labute approximate surface area is 149 Å². The van der Waals surface area contributed by atoms with Crippen LogP contribution in [0.5, 0.6) is 5.19 Å². The second-order valence-corrected chi connectivity index (χ2v) is 7.62. The van der Waals surface area contributed by atoms with Crippen molar-refractivity contribution in [1.29, 1.82) is 0 Å². The molecular formula is C18H19N3OS2. The van der Waals surface area contributed by atoms with Crippen LogP contribution in [0.2, 0.25) is 0 Å². The van der Waals surface area contributed by atoms with Gasteiger partial charge in [0.2, 0.25) is 0 Å². The van der Waals surface area contributed by atoms with Gasteiger partial charge in [0.15, 0.2) is 0 Å². The van der Waals surface area contributed by atoms with E-state index in [0.29, 0.717) is 6.10 Å². The minimum Gasteiger partial charge on any atom is -0.467 e. The van der Waals surface area contributed by atoms with Crippen molar-refractivity contribution in [1.82, 2.24) is 14.9 Å². The number of hydrogen-bond donors (Lipinski definition) is 0. The Morgan fingerprint density at radius 2 is 1.96 bits per heavy atom. The normalized spacial score (nSPS) is 16.3. The third-order valence-corrected chi connectivity index (χ3v) is 5.77. The maximum Gasteiger partial charge on any atom is 0.273 e. The first-order valence-corrected chi connectivity index (χ1v) is 9.91. The SMILES string of the molecule is c1ccc(-c2nc(CN3CCC(Oc4nccs4)CC3)cs2)cc1.